The Labute approximate surface area is 143 Å². The predicted molar refractivity (Wildman–Crippen MR) is 91.1 cm³/mol. The lowest BCUT2D eigenvalue weighted by Crippen LogP contribution is -2.35. The molecule has 0 atom stereocenters. The van der Waals surface area contributed by atoms with Crippen LogP contribution in [0, 0.1) is 0 Å². The van der Waals surface area contributed by atoms with Crippen molar-refractivity contribution < 1.29 is 23.8 Å². The van der Waals surface area contributed by atoms with Gasteiger partial charge in [0.2, 0.25) is 0 Å². The molecule has 0 aromatic heterocycles. The highest BCUT2D eigenvalue weighted by atomic mass is 16.5. The molecule has 0 saturated heterocycles. The van der Waals surface area contributed by atoms with Crippen LogP contribution in [0.25, 0.3) is 0 Å². The van der Waals surface area contributed by atoms with E-state index in [4.69, 9.17) is 14.2 Å². The first-order valence-corrected chi connectivity index (χ1v) is 7.80. The van der Waals surface area contributed by atoms with Gasteiger partial charge in [-0.25, -0.2) is 0 Å². The molecular formula is C18H25NO5. The van der Waals surface area contributed by atoms with Crippen LogP contribution in [-0.2, 0) is 14.3 Å². The molecule has 0 saturated carbocycles. The third kappa shape index (κ3) is 7.17. The minimum absolute atomic E-state index is 0.0753. The molecule has 0 bridgehead atoms. The van der Waals surface area contributed by atoms with Crippen LogP contribution >= 0.6 is 0 Å². The number of amides is 1. The second kappa shape index (κ2) is 10.3. The summed E-state index contributed by atoms with van der Waals surface area (Å²) in [7, 11) is 1.59. The molecule has 6 heteroatoms. The van der Waals surface area contributed by atoms with Crippen LogP contribution in [0.1, 0.15) is 20.3 Å². The Balaban J connectivity index is 2.27. The van der Waals surface area contributed by atoms with Gasteiger partial charge in [-0.3, -0.25) is 9.59 Å². The highest BCUT2D eigenvalue weighted by molar-refractivity contribution is 5.80. The molecule has 0 radical (unpaired) electrons. The average Bonchev–Trinajstić information content (AvgIpc) is 2.58. The summed E-state index contributed by atoms with van der Waals surface area (Å²) in [6, 6.07) is 7.05. The molecule has 0 N–H and O–H groups in total. The van der Waals surface area contributed by atoms with Gasteiger partial charge in [-0.2, -0.15) is 0 Å². The molecule has 0 spiro atoms. The third-order valence-electron chi connectivity index (χ3n) is 3.19. The Morgan fingerprint density at radius 2 is 1.79 bits per heavy atom. The van der Waals surface area contributed by atoms with Crippen molar-refractivity contribution in [3.8, 4) is 11.5 Å². The minimum atomic E-state index is -0.469. The van der Waals surface area contributed by atoms with Gasteiger partial charge in [0.1, 0.15) is 11.5 Å². The number of ether oxygens (including phenoxy) is 3. The maximum atomic E-state index is 11.9. The highest BCUT2D eigenvalue weighted by Crippen LogP contribution is 2.17. The molecule has 0 aliphatic rings. The van der Waals surface area contributed by atoms with E-state index in [0.717, 1.165) is 11.3 Å². The molecule has 132 valence electrons. The molecule has 1 rings (SSSR count). The number of hydrogen-bond donors (Lipinski definition) is 0. The monoisotopic (exact) mass is 335 g/mol. The van der Waals surface area contributed by atoms with Gasteiger partial charge in [0.25, 0.3) is 5.91 Å². The fourth-order valence-corrected chi connectivity index (χ4v) is 1.93. The Morgan fingerprint density at radius 3 is 2.33 bits per heavy atom. The van der Waals surface area contributed by atoms with Gasteiger partial charge >= 0.3 is 5.97 Å². The Morgan fingerprint density at radius 1 is 1.17 bits per heavy atom. The van der Waals surface area contributed by atoms with E-state index >= 15 is 0 Å². The SMILES string of the molecule is C=C(C)CN(CC)C(=O)COC(=O)CCOc1ccc(OC)cc1. The van der Waals surface area contributed by atoms with Crippen LogP contribution < -0.4 is 9.47 Å². The van der Waals surface area contributed by atoms with Crippen molar-refractivity contribution >= 4 is 11.9 Å². The molecular weight excluding hydrogens is 310 g/mol. The van der Waals surface area contributed by atoms with E-state index in [1.807, 2.05) is 13.8 Å². The van der Waals surface area contributed by atoms with Crippen LogP contribution in [-0.4, -0.2) is 50.2 Å². The summed E-state index contributed by atoms with van der Waals surface area (Å²) in [4.78, 5) is 25.2. The second-order valence-electron chi connectivity index (χ2n) is 5.30. The van der Waals surface area contributed by atoms with Gasteiger partial charge in [-0.05, 0) is 38.1 Å². The topological polar surface area (TPSA) is 65.1 Å². The zero-order valence-electron chi connectivity index (χ0n) is 14.5. The molecule has 24 heavy (non-hydrogen) atoms. The molecule has 0 aliphatic carbocycles. The van der Waals surface area contributed by atoms with Crippen LogP contribution in [0.3, 0.4) is 0 Å². The number of nitrogens with zero attached hydrogens (tertiary/aromatic N) is 1. The molecule has 0 fully saturated rings. The second-order valence-corrected chi connectivity index (χ2v) is 5.30. The van der Waals surface area contributed by atoms with E-state index in [1.165, 1.54) is 0 Å². The van der Waals surface area contributed by atoms with Gasteiger partial charge in [0, 0.05) is 13.1 Å². The number of likely N-dealkylation sites (N-methyl/N-ethyl adjacent to an activating group) is 1. The van der Waals surface area contributed by atoms with Crippen LogP contribution in [0.5, 0.6) is 11.5 Å². The number of esters is 1. The summed E-state index contributed by atoms with van der Waals surface area (Å²) in [5, 5.41) is 0. The van der Waals surface area contributed by atoms with Crippen LogP contribution in [0.2, 0.25) is 0 Å². The number of benzene rings is 1. The Hall–Kier alpha value is -2.50. The first kappa shape index (κ1) is 19.5. The number of rotatable bonds is 10. The maximum Gasteiger partial charge on any atom is 0.309 e. The molecule has 0 heterocycles. The molecule has 0 aliphatic heterocycles. The largest absolute Gasteiger partial charge is 0.497 e. The van der Waals surface area contributed by atoms with Gasteiger partial charge < -0.3 is 19.1 Å². The highest BCUT2D eigenvalue weighted by Gasteiger charge is 2.14. The van der Waals surface area contributed by atoms with E-state index in [9.17, 15) is 9.59 Å². The lowest BCUT2D eigenvalue weighted by atomic mass is 10.3. The third-order valence-corrected chi connectivity index (χ3v) is 3.19. The first-order chi connectivity index (χ1) is 11.5. The lowest BCUT2D eigenvalue weighted by Gasteiger charge is -2.20. The Kier molecular flexibility index (Phi) is 8.39. The van der Waals surface area contributed by atoms with Gasteiger partial charge in [0.15, 0.2) is 6.61 Å². The van der Waals surface area contributed by atoms with Crippen LogP contribution in [0.15, 0.2) is 36.4 Å². The zero-order chi connectivity index (χ0) is 17.9. The van der Waals surface area contributed by atoms with E-state index in [-0.39, 0.29) is 25.5 Å². The van der Waals surface area contributed by atoms with E-state index in [0.29, 0.717) is 18.8 Å². The van der Waals surface area contributed by atoms with Crippen molar-refractivity contribution in [1.29, 1.82) is 0 Å². The predicted octanol–water partition coefficient (Wildman–Crippen LogP) is 2.43. The normalized spacial score (nSPS) is 9.96. The summed E-state index contributed by atoms with van der Waals surface area (Å²) < 4.78 is 15.5. The summed E-state index contributed by atoms with van der Waals surface area (Å²) in [6.45, 7) is 8.42. The van der Waals surface area contributed by atoms with Crippen molar-refractivity contribution in [3.05, 3.63) is 36.4 Å². The van der Waals surface area contributed by atoms with Crippen molar-refractivity contribution in [2.24, 2.45) is 0 Å². The fraction of sp³-hybridized carbons (Fsp3) is 0.444. The first-order valence-electron chi connectivity index (χ1n) is 7.80. The number of methoxy groups -OCH3 is 1. The van der Waals surface area contributed by atoms with Crippen molar-refractivity contribution in [2.45, 2.75) is 20.3 Å². The number of carbonyl (C=O) groups is 2. The van der Waals surface area contributed by atoms with Gasteiger partial charge in [0.05, 0.1) is 20.1 Å². The quantitative estimate of drug-likeness (QED) is 0.485. The lowest BCUT2D eigenvalue weighted by molar-refractivity contribution is -0.152. The molecule has 1 aromatic rings. The van der Waals surface area contributed by atoms with E-state index in [2.05, 4.69) is 6.58 Å². The summed E-state index contributed by atoms with van der Waals surface area (Å²) in [5.41, 5.74) is 0.879. The van der Waals surface area contributed by atoms with Gasteiger partial charge in [-0.1, -0.05) is 12.2 Å². The summed E-state index contributed by atoms with van der Waals surface area (Å²) in [6.07, 6.45) is 0.0753. The minimum Gasteiger partial charge on any atom is -0.497 e. The number of hydrogen-bond acceptors (Lipinski definition) is 5. The smallest absolute Gasteiger partial charge is 0.309 e. The van der Waals surface area contributed by atoms with Gasteiger partial charge in [-0.15, -0.1) is 0 Å². The molecule has 1 amide bonds. The molecule has 0 unspecified atom stereocenters. The average molecular weight is 335 g/mol. The standard InChI is InChI=1S/C18H25NO5/c1-5-19(12-14(2)3)17(20)13-24-18(21)10-11-23-16-8-6-15(22-4)7-9-16/h6-9H,2,5,10-13H2,1,3-4H3. The Bertz CT molecular complexity index is 553. The number of carbonyl (C=O) groups excluding carboxylic acids is 2. The zero-order valence-corrected chi connectivity index (χ0v) is 14.5. The van der Waals surface area contributed by atoms with Crippen LogP contribution in [0.4, 0.5) is 0 Å². The molecule has 6 nitrogen and oxygen atoms in total. The summed E-state index contributed by atoms with van der Waals surface area (Å²) in [5.74, 6) is 0.668. The molecule has 1 aromatic carbocycles. The van der Waals surface area contributed by atoms with E-state index < -0.39 is 5.97 Å². The fourth-order valence-electron chi connectivity index (χ4n) is 1.93. The van der Waals surface area contributed by atoms with Crippen molar-refractivity contribution in [3.63, 3.8) is 0 Å². The van der Waals surface area contributed by atoms with Crippen molar-refractivity contribution in [1.82, 2.24) is 4.90 Å². The van der Waals surface area contributed by atoms with E-state index in [1.54, 1.807) is 36.3 Å². The summed E-state index contributed by atoms with van der Waals surface area (Å²) >= 11 is 0. The maximum absolute atomic E-state index is 11.9. The van der Waals surface area contributed by atoms with Crippen molar-refractivity contribution in [2.75, 3.05) is 33.4 Å².